The van der Waals surface area contributed by atoms with Crippen LogP contribution in [0.25, 0.3) is 16.7 Å². The highest BCUT2D eigenvalue weighted by molar-refractivity contribution is 5.89. The van der Waals surface area contributed by atoms with Gasteiger partial charge in [-0.15, -0.1) is 0 Å². The van der Waals surface area contributed by atoms with Crippen molar-refractivity contribution >= 4 is 16.9 Å². The van der Waals surface area contributed by atoms with E-state index in [9.17, 15) is 13.6 Å². The second-order valence-corrected chi connectivity index (χ2v) is 4.22. The van der Waals surface area contributed by atoms with Crippen molar-refractivity contribution in [1.29, 1.82) is 0 Å². The third-order valence-corrected chi connectivity index (χ3v) is 2.94. The van der Waals surface area contributed by atoms with E-state index in [1.54, 1.807) is 6.07 Å². The van der Waals surface area contributed by atoms with Crippen LogP contribution in [0.1, 0.15) is 22.5 Å². The van der Waals surface area contributed by atoms with Crippen LogP contribution in [0.4, 0.5) is 8.78 Å². The van der Waals surface area contributed by atoms with Crippen molar-refractivity contribution in [3.8, 4) is 5.82 Å². The minimum Gasteiger partial charge on any atom is -0.478 e. The summed E-state index contributed by atoms with van der Waals surface area (Å²) < 4.78 is 26.7. The molecule has 7 heteroatoms. The molecule has 0 aliphatic heterocycles. The number of aromatic amines is 1. The van der Waals surface area contributed by atoms with E-state index in [1.165, 1.54) is 0 Å². The van der Waals surface area contributed by atoms with Crippen LogP contribution in [0.2, 0.25) is 0 Å². The summed E-state index contributed by atoms with van der Waals surface area (Å²) in [4.78, 5) is 13.9. The molecule has 0 aliphatic carbocycles. The molecule has 3 rings (SSSR count). The topological polar surface area (TPSA) is 70.9 Å². The van der Waals surface area contributed by atoms with Gasteiger partial charge >= 0.3 is 5.97 Å². The van der Waals surface area contributed by atoms with Gasteiger partial charge in [-0.2, -0.15) is 5.10 Å². The van der Waals surface area contributed by atoms with Crippen molar-refractivity contribution in [1.82, 2.24) is 14.8 Å². The Bertz CT molecular complexity index is 759. The van der Waals surface area contributed by atoms with Gasteiger partial charge in [-0.3, -0.25) is 0 Å². The van der Waals surface area contributed by atoms with Gasteiger partial charge in [0.1, 0.15) is 17.1 Å². The average molecular weight is 277 g/mol. The van der Waals surface area contributed by atoms with Crippen molar-refractivity contribution in [3.63, 3.8) is 0 Å². The largest absolute Gasteiger partial charge is 0.478 e. The number of benzene rings is 1. The SMILES string of the molecule is O=C(O)c1cn(-c2cc3ccccc3[nH]2)nc1C(F)F. The standard InChI is InChI=1S/C13H9F2N3O2/c14-12(15)11-8(13(19)20)6-18(17-11)10-5-7-3-1-2-4-9(7)16-10/h1-6,12,16H,(H,19,20). The van der Waals surface area contributed by atoms with Crippen molar-refractivity contribution in [3.05, 3.63) is 47.8 Å². The van der Waals surface area contributed by atoms with Gasteiger partial charge in [0.2, 0.25) is 0 Å². The van der Waals surface area contributed by atoms with Crippen LogP contribution >= 0.6 is 0 Å². The van der Waals surface area contributed by atoms with Gasteiger partial charge in [-0.1, -0.05) is 18.2 Å². The first-order valence-electron chi connectivity index (χ1n) is 5.75. The average Bonchev–Trinajstić information content (AvgIpc) is 3.02. The second kappa shape index (κ2) is 4.44. The Balaban J connectivity index is 2.14. The van der Waals surface area contributed by atoms with Crippen LogP contribution < -0.4 is 0 Å². The summed E-state index contributed by atoms with van der Waals surface area (Å²) in [5, 5.41) is 13.5. The monoisotopic (exact) mass is 277 g/mol. The Labute approximate surface area is 111 Å². The number of para-hydroxylation sites is 1. The van der Waals surface area contributed by atoms with E-state index in [4.69, 9.17) is 5.11 Å². The Morgan fingerprint density at radius 2 is 2.10 bits per heavy atom. The fraction of sp³-hybridized carbons (Fsp3) is 0.0769. The lowest BCUT2D eigenvalue weighted by atomic mass is 10.2. The number of alkyl halides is 2. The smallest absolute Gasteiger partial charge is 0.339 e. The van der Waals surface area contributed by atoms with Gasteiger partial charge in [0.05, 0.1) is 0 Å². The molecule has 20 heavy (non-hydrogen) atoms. The molecule has 2 aromatic heterocycles. The van der Waals surface area contributed by atoms with Crippen molar-refractivity contribution in [2.45, 2.75) is 6.43 Å². The van der Waals surface area contributed by atoms with Gasteiger partial charge in [0, 0.05) is 17.1 Å². The zero-order chi connectivity index (χ0) is 14.3. The molecule has 1 aromatic carbocycles. The highest BCUT2D eigenvalue weighted by Gasteiger charge is 2.23. The summed E-state index contributed by atoms with van der Waals surface area (Å²) in [5.74, 6) is -0.997. The molecule has 0 saturated carbocycles. The first-order chi connectivity index (χ1) is 9.56. The third-order valence-electron chi connectivity index (χ3n) is 2.94. The molecular weight excluding hydrogens is 268 g/mol. The number of nitrogens with one attached hydrogen (secondary N) is 1. The minimum absolute atomic E-state index is 0.431. The number of H-pyrrole nitrogens is 1. The van der Waals surface area contributed by atoms with Gasteiger partial charge in [-0.05, 0) is 12.1 Å². The van der Waals surface area contributed by atoms with Crippen molar-refractivity contribution < 1.29 is 18.7 Å². The van der Waals surface area contributed by atoms with Crippen LogP contribution in [0.5, 0.6) is 0 Å². The van der Waals surface area contributed by atoms with Gasteiger partial charge in [-0.25, -0.2) is 18.3 Å². The number of aromatic nitrogens is 3. The molecule has 0 spiro atoms. The molecule has 5 nitrogen and oxygen atoms in total. The zero-order valence-electron chi connectivity index (χ0n) is 10.0. The highest BCUT2D eigenvalue weighted by atomic mass is 19.3. The molecule has 0 fully saturated rings. The Morgan fingerprint density at radius 1 is 1.35 bits per heavy atom. The molecular formula is C13H9F2N3O2. The molecule has 2 heterocycles. The van der Waals surface area contributed by atoms with E-state index in [0.717, 1.165) is 21.8 Å². The van der Waals surface area contributed by atoms with Crippen LogP contribution in [0.15, 0.2) is 36.5 Å². The van der Waals surface area contributed by atoms with E-state index >= 15 is 0 Å². The van der Waals surface area contributed by atoms with Crippen molar-refractivity contribution in [2.75, 3.05) is 0 Å². The predicted molar refractivity (Wildman–Crippen MR) is 67.3 cm³/mol. The number of hydrogen-bond acceptors (Lipinski definition) is 2. The summed E-state index contributed by atoms with van der Waals surface area (Å²) in [6, 6.07) is 9.07. The number of carboxylic acid groups (broad SMARTS) is 1. The van der Waals surface area contributed by atoms with E-state index < -0.39 is 23.7 Å². The fourth-order valence-electron chi connectivity index (χ4n) is 2.02. The van der Waals surface area contributed by atoms with Gasteiger partial charge < -0.3 is 10.1 Å². The molecule has 3 aromatic rings. The molecule has 0 saturated heterocycles. The number of hydrogen-bond donors (Lipinski definition) is 2. The molecule has 0 unspecified atom stereocenters. The van der Waals surface area contributed by atoms with Gasteiger partial charge in [0.25, 0.3) is 6.43 Å². The number of aromatic carboxylic acids is 1. The van der Waals surface area contributed by atoms with Crippen molar-refractivity contribution in [2.24, 2.45) is 0 Å². The van der Waals surface area contributed by atoms with Crippen LogP contribution in [-0.2, 0) is 0 Å². The lowest BCUT2D eigenvalue weighted by Crippen LogP contribution is -2.00. The Morgan fingerprint density at radius 3 is 2.70 bits per heavy atom. The number of carboxylic acids is 1. The Hall–Kier alpha value is -2.70. The van der Waals surface area contributed by atoms with E-state index in [-0.39, 0.29) is 0 Å². The zero-order valence-corrected chi connectivity index (χ0v) is 10.0. The molecule has 0 amide bonds. The predicted octanol–water partition coefficient (Wildman–Crippen LogP) is 2.99. The molecule has 0 aliphatic rings. The molecule has 0 atom stereocenters. The maximum Gasteiger partial charge on any atom is 0.339 e. The molecule has 0 bridgehead atoms. The Kier molecular flexibility index (Phi) is 2.74. The summed E-state index contributed by atoms with van der Waals surface area (Å²) in [7, 11) is 0. The maximum atomic E-state index is 12.8. The quantitative estimate of drug-likeness (QED) is 0.773. The summed E-state index contributed by atoms with van der Waals surface area (Å²) in [6.07, 6.45) is -1.86. The normalized spacial score (nSPS) is 11.3. The molecule has 2 N–H and O–H groups in total. The number of halogens is 2. The van der Waals surface area contributed by atoms with E-state index in [1.807, 2.05) is 24.3 Å². The lowest BCUT2D eigenvalue weighted by molar-refractivity contribution is 0.0684. The van der Waals surface area contributed by atoms with E-state index in [2.05, 4.69) is 10.1 Å². The molecule has 0 radical (unpaired) electrons. The number of rotatable bonds is 3. The maximum absolute atomic E-state index is 12.8. The van der Waals surface area contributed by atoms with Crippen LogP contribution in [-0.4, -0.2) is 25.8 Å². The van der Waals surface area contributed by atoms with Gasteiger partial charge in [0.15, 0.2) is 0 Å². The number of nitrogens with zero attached hydrogens (tertiary/aromatic N) is 2. The van der Waals surface area contributed by atoms with E-state index in [0.29, 0.717) is 5.82 Å². The first kappa shape index (κ1) is 12.3. The van der Waals surface area contributed by atoms with Crippen LogP contribution in [0, 0.1) is 0 Å². The fourth-order valence-corrected chi connectivity index (χ4v) is 2.02. The first-order valence-corrected chi connectivity index (χ1v) is 5.75. The lowest BCUT2D eigenvalue weighted by Gasteiger charge is -1.95. The summed E-state index contributed by atoms with van der Waals surface area (Å²) in [5.41, 5.74) is -0.428. The molecule has 102 valence electrons. The highest BCUT2D eigenvalue weighted by Crippen LogP contribution is 2.24. The summed E-state index contributed by atoms with van der Waals surface area (Å²) in [6.45, 7) is 0. The minimum atomic E-state index is -2.94. The number of fused-ring (bicyclic) bond motifs is 1. The third kappa shape index (κ3) is 1.93. The summed E-state index contributed by atoms with van der Waals surface area (Å²) >= 11 is 0. The second-order valence-electron chi connectivity index (χ2n) is 4.22. The number of carbonyl (C=O) groups is 1. The van der Waals surface area contributed by atoms with Crippen LogP contribution in [0.3, 0.4) is 0 Å².